The van der Waals surface area contributed by atoms with Crippen LogP contribution >= 0.6 is 0 Å². The lowest BCUT2D eigenvalue weighted by Gasteiger charge is -2.46. The van der Waals surface area contributed by atoms with Gasteiger partial charge in [-0.25, -0.2) is 9.78 Å². The van der Waals surface area contributed by atoms with Crippen molar-refractivity contribution in [1.29, 1.82) is 0 Å². The molecule has 0 saturated carbocycles. The fourth-order valence-corrected chi connectivity index (χ4v) is 5.12. The number of imidazole rings is 1. The number of likely N-dealkylation sites (tertiary alicyclic amines) is 2. The summed E-state index contributed by atoms with van der Waals surface area (Å²) in [4.78, 5) is 21.4. The van der Waals surface area contributed by atoms with E-state index < -0.39 is 0 Å². The first-order valence-electron chi connectivity index (χ1n) is 11.0. The smallest absolute Gasteiger partial charge is 0.320 e. The van der Waals surface area contributed by atoms with Gasteiger partial charge in [0, 0.05) is 31.7 Å². The third-order valence-electron chi connectivity index (χ3n) is 6.83. The molecule has 1 aromatic heterocycles. The Labute approximate surface area is 177 Å². The Morgan fingerprint density at radius 3 is 2.43 bits per heavy atom. The quantitative estimate of drug-likeness (QED) is 0.757. The predicted octanol–water partition coefficient (Wildman–Crippen LogP) is 3.70. The minimum atomic E-state index is -0.240. The van der Waals surface area contributed by atoms with Crippen LogP contribution in [-0.2, 0) is 11.3 Å². The minimum absolute atomic E-state index is 0.0634. The fourth-order valence-electron chi connectivity index (χ4n) is 5.12. The summed E-state index contributed by atoms with van der Waals surface area (Å²) < 4.78 is 14.1. The number of fused-ring (bicyclic) bond motifs is 1. The number of amides is 2. The van der Waals surface area contributed by atoms with Gasteiger partial charge in [0.15, 0.2) is 0 Å². The summed E-state index contributed by atoms with van der Waals surface area (Å²) in [6, 6.07) is 8.32. The second kappa shape index (κ2) is 7.61. The maximum absolute atomic E-state index is 12.8. The molecule has 2 saturated heterocycles. The zero-order valence-electron chi connectivity index (χ0n) is 17.8. The number of methoxy groups -OCH3 is 1. The van der Waals surface area contributed by atoms with Crippen LogP contribution in [0, 0.1) is 0 Å². The summed E-state index contributed by atoms with van der Waals surface area (Å²) in [5.41, 5.74) is 1.99. The molecule has 7 heteroatoms. The summed E-state index contributed by atoms with van der Waals surface area (Å²) in [6.07, 6.45) is 5.85. The van der Waals surface area contributed by atoms with Crippen molar-refractivity contribution in [3.8, 4) is 17.0 Å². The van der Waals surface area contributed by atoms with Gasteiger partial charge >= 0.3 is 6.03 Å². The molecule has 2 fully saturated rings. The maximum atomic E-state index is 12.8. The largest absolute Gasteiger partial charge is 0.497 e. The first kappa shape index (κ1) is 19.4. The molecule has 0 radical (unpaired) electrons. The molecular formula is C23H30N4O3. The topological polar surface area (TPSA) is 59.8 Å². The lowest BCUT2D eigenvalue weighted by Crippen LogP contribution is -2.54. The molecule has 3 aliphatic heterocycles. The zero-order chi connectivity index (χ0) is 20.7. The van der Waals surface area contributed by atoms with Crippen molar-refractivity contribution in [2.45, 2.75) is 50.9 Å². The highest BCUT2D eigenvalue weighted by atomic mass is 16.5. The van der Waals surface area contributed by atoms with E-state index >= 15 is 0 Å². The summed E-state index contributed by atoms with van der Waals surface area (Å²) in [7, 11) is 1.68. The third-order valence-corrected chi connectivity index (χ3v) is 6.83. The van der Waals surface area contributed by atoms with Gasteiger partial charge in [-0.3, -0.25) is 0 Å². The number of carbonyl (C=O) groups is 1. The van der Waals surface area contributed by atoms with Crippen molar-refractivity contribution in [1.82, 2.24) is 19.4 Å². The molecule has 2 amide bonds. The van der Waals surface area contributed by atoms with Gasteiger partial charge in [0.05, 0.1) is 31.1 Å². The van der Waals surface area contributed by atoms with Gasteiger partial charge in [0.25, 0.3) is 0 Å². The first-order chi connectivity index (χ1) is 14.6. The number of ether oxygens (including phenoxy) is 2. The van der Waals surface area contributed by atoms with E-state index in [9.17, 15) is 4.79 Å². The Balaban J connectivity index is 1.34. The summed E-state index contributed by atoms with van der Waals surface area (Å²) >= 11 is 0. The molecule has 7 nitrogen and oxygen atoms in total. The maximum Gasteiger partial charge on any atom is 0.320 e. The van der Waals surface area contributed by atoms with Crippen molar-refractivity contribution in [3.05, 3.63) is 36.3 Å². The number of urea groups is 1. The first-order valence-corrected chi connectivity index (χ1v) is 11.0. The van der Waals surface area contributed by atoms with Crippen LogP contribution in [0.1, 0.15) is 44.5 Å². The SMILES string of the molecule is COc1ccc(-c2cnc3n2CC2(CCN(C(=O)N4CCCC4)CC2)OC3C)cc1. The van der Waals surface area contributed by atoms with Crippen LogP contribution in [0.4, 0.5) is 4.79 Å². The third kappa shape index (κ3) is 3.35. The monoisotopic (exact) mass is 410 g/mol. The summed E-state index contributed by atoms with van der Waals surface area (Å²) in [5, 5.41) is 0. The van der Waals surface area contributed by atoms with Crippen LogP contribution in [0.3, 0.4) is 0 Å². The highest BCUT2D eigenvalue weighted by Gasteiger charge is 2.44. The molecule has 160 valence electrons. The van der Waals surface area contributed by atoms with Crippen LogP contribution in [0.5, 0.6) is 5.75 Å². The minimum Gasteiger partial charge on any atom is -0.497 e. The predicted molar refractivity (Wildman–Crippen MR) is 113 cm³/mol. The number of hydrogen-bond acceptors (Lipinski definition) is 4. The van der Waals surface area contributed by atoms with Crippen LogP contribution < -0.4 is 4.74 Å². The van der Waals surface area contributed by atoms with E-state index in [1.54, 1.807) is 7.11 Å². The van der Waals surface area contributed by atoms with Gasteiger partial charge in [-0.2, -0.15) is 0 Å². The number of carbonyl (C=O) groups excluding carboxylic acids is 1. The lowest BCUT2D eigenvalue weighted by atomic mass is 9.89. The highest BCUT2D eigenvalue weighted by molar-refractivity contribution is 5.74. The van der Waals surface area contributed by atoms with Gasteiger partial charge in [-0.05, 0) is 56.9 Å². The molecule has 1 unspecified atom stereocenters. The molecule has 0 aliphatic carbocycles. The van der Waals surface area contributed by atoms with E-state index in [-0.39, 0.29) is 17.7 Å². The van der Waals surface area contributed by atoms with Crippen molar-refractivity contribution in [2.24, 2.45) is 0 Å². The van der Waals surface area contributed by atoms with E-state index in [1.807, 2.05) is 28.1 Å². The Hall–Kier alpha value is -2.54. The molecule has 30 heavy (non-hydrogen) atoms. The van der Waals surface area contributed by atoms with Crippen LogP contribution in [-0.4, -0.2) is 64.3 Å². The number of aromatic nitrogens is 2. The molecule has 4 heterocycles. The Kier molecular flexibility index (Phi) is 4.93. The van der Waals surface area contributed by atoms with E-state index in [0.29, 0.717) is 0 Å². The van der Waals surface area contributed by atoms with Gasteiger partial charge in [0.1, 0.15) is 17.7 Å². The second-order valence-corrected chi connectivity index (χ2v) is 8.72. The Morgan fingerprint density at radius 1 is 1.10 bits per heavy atom. The second-order valence-electron chi connectivity index (χ2n) is 8.72. The van der Waals surface area contributed by atoms with Crippen LogP contribution in [0.25, 0.3) is 11.3 Å². The van der Waals surface area contributed by atoms with E-state index in [0.717, 1.165) is 81.2 Å². The lowest BCUT2D eigenvalue weighted by molar-refractivity contribution is -0.145. The summed E-state index contributed by atoms with van der Waals surface area (Å²) in [5.74, 6) is 1.82. The number of rotatable bonds is 2. The molecule has 1 aromatic carbocycles. The normalized spacial score (nSPS) is 22.9. The highest BCUT2D eigenvalue weighted by Crippen LogP contribution is 2.40. The van der Waals surface area contributed by atoms with Gasteiger partial charge in [-0.1, -0.05) is 0 Å². The molecule has 2 aromatic rings. The van der Waals surface area contributed by atoms with Gasteiger partial charge in [0.2, 0.25) is 0 Å². The molecule has 3 aliphatic rings. The molecule has 5 rings (SSSR count). The average molecular weight is 411 g/mol. The van der Waals surface area contributed by atoms with Crippen LogP contribution in [0.2, 0.25) is 0 Å². The van der Waals surface area contributed by atoms with Crippen molar-refractivity contribution < 1.29 is 14.3 Å². The van der Waals surface area contributed by atoms with Crippen molar-refractivity contribution in [2.75, 3.05) is 33.3 Å². The van der Waals surface area contributed by atoms with E-state index in [4.69, 9.17) is 9.47 Å². The Bertz CT molecular complexity index is 909. The molecule has 0 bridgehead atoms. The number of nitrogens with zero attached hydrogens (tertiary/aromatic N) is 4. The zero-order valence-corrected chi connectivity index (χ0v) is 17.8. The standard InChI is InChI=1S/C23H30N4O3/c1-17-21-24-15-20(18-5-7-19(29-2)8-6-18)27(21)16-23(30-17)9-13-26(14-10-23)22(28)25-11-3-4-12-25/h5-8,15,17H,3-4,9-14,16H2,1-2H3. The number of piperidine rings is 1. The van der Waals surface area contributed by atoms with E-state index in [2.05, 4.69) is 28.6 Å². The van der Waals surface area contributed by atoms with Crippen molar-refractivity contribution >= 4 is 6.03 Å². The van der Waals surface area contributed by atoms with E-state index in [1.165, 1.54) is 0 Å². The summed E-state index contributed by atoms with van der Waals surface area (Å²) in [6.45, 7) is 6.17. The van der Waals surface area contributed by atoms with Crippen LogP contribution in [0.15, 0.2) is 30.5 Å². The molecular weight excluding hydrogens is 380 g/mol. The molecule has 1 atom stereocenters. The van der Waals surface area contributed by atoms with Crippen molar-refractivity contribution in [3.63, 3.8) is 0 Å². The van der Waals surface area contributed by atoms with Gasteiger partial charge < -0.3 is 23.8 Å². The average Bonchev–Trinajstić information content (AvgIpc) is 3.44. The molecule has 0 N–H and O–H groups in total. The fraction of sp³-hybridized carbons (Fsp3) is 0.565. The van der Waals surface area contributed by atoms with Gasteiger partial charge in [-0.15, -0.1) is 0 Å². The number of benzene rings is 1. The Morgan fingerprint density at radius 2 is 1.77 bits per heavy atom. The molecule has 1 spiro atoms. The number of hydrogen-bond donors (Lipinski definition) is 0.